The molecule has 0 amide bonds. The molecule has 76 valence electrons. The molecule has 1 aliphatic heterocycles. The first-order chi connectivity index (χ1) is 6.34. The lowest BCUT2D eigenvalue weighted by atomic mass is 9.77. The summed E-state index contributed by atoms with van der Waals surface area (Å²) in [6.45, 7) is 10.9. The molecule has 0 N–H and O–H groups in total. The second-order valence-corrected chi connectivity index (χ2v) is 5.22. The molecule has 0 saturated heterocycles. The summed E-state index contributed by atoms with van der Waals surface area (Å²) < 4.78 is 5.94. The zero-order chi connectivity index (χ0) is 10.6. The monoisotopic (exact) mass is 190 g/mol. The molecule has 0 unspecified atom stereocenters. The maximum atomic E-state index is 5.94. The highest BCUT2D eigenvalue weighted by molar-refractivity contribution is 5.50. The quantitative estimate of drug-likeness (QED) is 0.567. The lowest BCUT2D eigenvalue weighted by Gasteiger charge is -2.25. The van der Waals surface area contributed by atoms with Crippen molar-refractivity contribution < 1.29 is 4.74 Å². The first-order valence-electron chi connectivity index (χ1n) is 5.15. The van der Waals surface area contributed by atoms with Gasteiger partial charge in [-0.05, 0) is 32.4 Å². The molecule has 1 heteroatoms. The minimum absolute atomic E-state index is 0.113. The summed E-state index contributed by atoms with van der Waals surface area (Å²) in [5.41, 5.74) is 2.70. The molecule has 0 spiro atoms. The summed E-state index contributed by atoms with van der Waals surface area (Å²) in [6, 6.07) is 0. The molecule has 2 aliphatic rings. The van der Waals surface area contributed by atoms with Gasteiger partial charge in [-0.25, -0.2) is 0 Å². The van der Waals surface area contributed by atoms with Crippen LogP contribution in [-0.4, -0.2) is 5.60 Å². The molecule has 2 rings (SSSR count). The van der Waals surface area contributed by atoms with E-state index in [2.05, 4.69) is 52.8 Å². The van der Waals surface area contributed by atoms with Crippen LogP contribution in [0, 0.1) is 5.41 Å². The van der Waals surface area contributed by atoms with E-state index in [0.717, 1.165) is 5.76 Å². The Hall–Kier alpha value is -0.980. The van der Waals surface area contributed by atoms with Gasteiger partial charge in [-0.1, -0.05) is 26.0 Å². The molecule has 0 fully saturated rings. The van der Waals surface area contributed by atoms with Crippen LogP contribution in [0.15, 0.2) is 35.1 Å². The van der Waals surface area contributed by atoms with Crippen LogP contribution >= 0.6 is 0 Å². The van der Waals surface area contributed by atoms with E-state index in [1.165, 1.54) is 11.1 Å². The molecule has 1 heterocycles. The molecule has 0 bridgehead atoms. The Bertz CT molecular complexity index is 365. The number of ether oxygens (including phenoxy) is 1. The van der Waals surface area contributed by atoms with E-state index in [9.17, 15) is 0 Å². The lowest BCUT2D eigenvalue weighted by Crippen LogP contribution is -2.20. The van der Waals surface area contributed by atoms with Gasteiger partial charge in [0, 0.05) is 11.0 Å². The Morgan fingerprint density at radius 1 is 1.14 bits per heavy atom. The fraction of sp³-hybridized carbons (Fsp3) is 0.538. The number of hydrogen-bond donors (Lipinski definition) is 0. The largest absolute Gasteiger partial charge is 0.483 e. The van der Waals surface area contributed by atoms with Crippen LogP contribution in [0.1, 0.15) is 34.6 Å². The average Bonchev–Trinajstić information content (AvgIpc) is 2.22. The van der Waals surface area contributed by atoms with Gasteiger partial charge in [0.15, 0.2) is 0 Å². The van der Waals surface area contributed by atoms with Crippen molar-refractivity contribution in [2.75, 3.05) is 0 Å². The van der Waals surface area contributed by atoms with Gasteiger partial charge < -0.3 is 4.74 Å². The van der Waals surface area contributed by atoms with Gasteiger partial charge in [-0.3, -0.25) is 0 Å². The highest BCUT2D eigenvalue weighted by Crippen LogP contribution is 2.48. The first-order valence-corrected chi connectivity index (χ1v) is 5.15. The summed E-state index contributed by atoms with van der Waals surface area (Å²) in [5.74, 6) is 1.06. The van der Waals surface area contributed by atoms with Crippen LogP contribution in [0.5, 0.6) is 0 Å². The molecular weight excluding hydrogens is 172 g/mol. The van der Waals surface area contributed by atoms with Crippen molar-refractivity contribution >= 4 is 0 Å². The number of rotatable bonds is 0. The lowest BCUT2D eigenvalue weighted by molar-refractivity contribution is 0.0921. The number of allylic oxidation sites excluding steroid dienone is 4. The summed E-state index contributed by atoms with van der Waals surface area (Å²) >= 11 is 0. The van der Waals surface area contributed by atoms with E-state index in [0.29, 0.717) is 0 Å². The maximum Gasteiger partial charge on any atom is 0.125 e. The fourth-order valence-electron chi connectivity index (χ4n) is 2.27. The molecule has 0 aromatic heterocycles. The molecule has 0 saturated carbocycles. The normalized spacial score (nSPS) is 27.1. The molecular formula is C13H18O. The van der Waals surface area contributed by atoms with Gasteiger partial charge in [-0.15, -0.1) is 0 Å². The van der Waals surface area contributed by atoms with Crippen LogP contribution < -0.4 is 0 Å². The fourth-order valence-corrected chi connectivity index (χ4v) is 2.27. The SMILES string of the molecule is CC1=C2C(=CC=CC2(C)C)OC1(C)C. The average molecular weight is 190 g/mol. The van der Waals surface area contributed by atoms with Crippen LogP contribution in [0.3, 0.4) is 0 Å². The van der Waals surface area contributed by atoms with Crippen LogP contribution in [0.4, 0.5) is 0 Å². The van der Waals surface area contributed by atoms with Gasteiger partial charge in [-0.2, -0.15) is 0 Å². The minimum Gasteiger partial charge on any atom is -0.483 e. The second kappa shape index (κ2) is 2.53. The predicted octanol–water partition coefficient (Wildman–Crippen LogP) is 3.59. The van der Waals surface area contributed by atoms with Crippen LogP contribution in [-0.2, 0) is 4.74 Å². The Kier molecular flexibility index (Phi) is 1.73. The zero-order valence-corrected chi connectivity index (χ0v) is 9.64. The van der Waals surface area contributed by atoms with Gasteiger partial charge in [0.1, 0.15) is 11.4 Å². The number of hydrogen-bond acceptors (Lipinski definition) is 1. The zero-order valence-electron chi connectivity index (χ0n) is 9.64. The third-order valence-corrected chi connectivity index (χ3v) is 3.29. The summed E-state index contributed by atoms with van der Waals surface area (Å²) in [7, 11) is 0. The maximum absolute atomic E-state index is 5.94. The van der Waals surface area contributed by atoms with Crippen molar-refractivity contribution in [1.29, 1.82) is 0 Å². The summed E-state index contributed by atoms with van der Waals surface area (Å²) in [5, 5.41) is 0. The summed E-state index contributed by atoms with van der Waals surface area (Å²) in [4.78, 5) is 0. The third-order valence-electron chi connectivity index (χ3n) is 3.29. The highest BCUT2D eigenvalue weighted by Gasteiger charge is 2.41. The summed E-state index contributed by atoms with van der Waals surface area (Å²) in [6.07, 6.45) is 6.40. The first kappa shape index (κ1) is 9.57. The van der Waals surface area contributed by atoms with Crippen LogP contribution in [0.2, 0.25) is 0 Å². The second-order valence-electron chi connectivity index (χ2n) is 5.22. The molecule has 0 aromatic rings. The standard InChI is InChI=1S/C13H18O/c1-9-11-10(14-13(9,4)5)7-6-8-12(11,2)3/h6-8H,1-5H3. The topological polar surface area (TPSA) is 9.23 Å². The Morgan fingerprint density at radius 3 is 2.36 bits per heavy atom. The molecule has 0 aromatic carbocycles. The van der Waals surface area contributed by atoms with Gasteiger partial charge >= 0.3 is 0 Å². The van der Waals surface area contributed by atoms with E-state index in [1.54, 1.807) is 0 Å². The molecule has 14 heavy (non-hydrogen) atoms. The van der Waals surface area contributed by atoms with E-state index in [-0.39, 0.29) is 11.0 Å². The Balaban J connectivity index is 2.60. The van der Waals surface area contributed by atoms with Gasteiger partial charge in [0.2, 0.25) is 0 Å². The molecule has 0 atom stereocenters. The third kappa shape index (κ3) is 1.15. The van der Waals surface area contributed by atoms with Crippen molar-refractivity contribution in [3.05, 3.63) is 35.1 Å². The Labute approximate surface area is 86.2 Å². The number of fused-ring (bicyclic) bond motifs is 1. The Morgan fingerprint density at radius 2 is 1.79 bits per heavy atom. The van der Waals surface area contributed by atoms with Gasteiger partial charge in [0.05, 0.1) is 0 Å². The van der Waals surface area contributed by atoms with Crippen molar-refractivity contribution in [2.45, 2.75) is 40.2 Å². The van der Waals surface area contributed by atoms with E-state index < -0.39 is 0 Å². The van der Waals surface area contributed by atoms with Crippen molar-refractivity contribution in [3.63, 3.8) is 0 Å². The highest BCUT2D eigenvalue weighted by atomic mass is 16.5. The van der Waals surface area contributed by atoms with Crippen molar-refractivity contribution in [2.24, 2.45) is 5.41 Å². The van der Waals surface area contributed by atoms with Crippen LogP contribution in [0.25, 0.3) is 0 Å². The van der Waals surface area contributed by atoms with Crippen molar-refractivity contribution in [3.8, 4) is 0 Å². The van der Waals surface area contributed by atoms with Crippen molar-refractivity contribution in [1.82, 2.24) is 0 Å². The van der Waals surface area contributed by atoms with Gasteiger partial charge in [0.25, 0.3) is 0 Å². The predicted molar refractivity (Wildman–Crippen MR) is 58.9 cm³/mol. The molecule has 1 nitrogen and oxygen atoms in total. The smallest absolute Gasteiger partial charge is 0.125 e. The van der Waals surface area contributed by atoms with E-state index >= 15 is 0 Å². The minimum atomic E-state index is -0.134. The molecule has 1 aliphatic carbocycles. The van der Waals surface area contributed by atoms with E-state index in [4.69, 9.17) is 4.74 Å². The van der Waals surface area contributed by atoms with E-state index in [1.807, 2.05) is 0 Å². The molecule has 0 radical (unpaired) electrons.